The van der Waals surface area contributed by atoms with Crippen LogP contribution < -0.4 is 5.32 Å². The fourth-order valence-electron chi connectivity index (χ4n) is 2.95. The van der Waals surface area contributed by atoms with Crippen molar-refractivity contribution in [3.05, 3.63) is 72.3 Å². The summed E-state index contributed by atoms with van der Waals surface area (Å²) in [5, 5.41) is 2.76. The van der Waals surface area contributed by atoms with Crippen molar-refractivity contribution in [3.8, 4) is 0 Å². The maximum atomic E-state index is 12.8. The number of anilines is 1. The Morgan fingerprint density at radius 2 is 1.97 bits per heavy atom. The zero-order chi connectivity index (χ0) is 21.7. The molecule has 0 bridgehead atoms. The van der Waals surface area contributed by atoms with Crippen LogP contribution in [0.15, 0.2) is 66.2 Å². The van der Waals surface area contributed by atoms with E-state index in [1.807, 2.05) is 31.2 Å². The number of hydrogen-bond acceptors (Lipinski definition) is 5. The third kappa shape index (κ3) is 5.24. The van der Waals surface area contributed by atoms with E-state index >= 15 is 0 Å². The summed E-state index contributed by atoms with van der Waals surface area (Å²) in [6.07, 6.45) is 1.65. The first kappa shape index (κ1) is 21.5. The summed E-state index contributed by atoms with van der Waals surface area (Å²) in [4.78, 5) is 43.0. The van der Waals surface area contributed by atoms with Crippen molar-refractivity contribution in [2.75, 3.05) is 11.9 Å². The van der Waals surface area contributed by atoms with Gasteiger partial charge >= 0.3 is 0 Å². The van der Waals surface area contributed by atoms with Crippen LogP contribution in [0.25, 0.3) is 0 Å². The van der Waals surface area contributed by atoms with Gasteiger partial charge in [0.2, 0.25) is 11.8 Å². The van der Waals surface area contributed by atoms with Crippen molar-refractivity contribution in [3.63, 3.8) is 0 Å². The van der Waals surface area contributed by atoms with E-state index in [0.717, 1.165) is 11.3 Å². The van der Waals surface area contributed by atoms with E-state index < -0.39 is 5.25 Å². The molecule has 30 heavy (non-hydrogen) atoms. The van der Waals surface area contributed by atoms with Crippen molar-refractivity contribution < 1.29 is 14.4 Å². The fourth-order valence-corrected chi connectivity index (χ4v) is 4.12. The molecule has 2 aromatic carbocycles. The van der Waals surface area contributed by atoms with Gasteiger partial charge in [-0.3, -0.25) is 19.3 Å². The van der Waals surface area contributed by atoms with Crippen LogP contribution in [0, 0.1) is 6.92 Å². The highest BCUT2D eigenvalue weighted by molar-refractivity contribution is 8.15. The van der Waals surface area contributed by atoms with Gasteiger partial charge in [-0.25, -0.2) is 4.99 Å². The molecule has 7 heteroatoms. The predicted molar refractivity (Wildman–Crippen MR) is 121 cm³/mol. The quantitative estimate of drug-likeness (QED) is 0.533. The molecule has 1 fully saturated rings. The largest absolute Gasteiger partial charge is 0.326 e. The van der Waals surface area contributed by atoms with Crippen molar-refractivity contribution in [1.82, 2.24) is 4.90 Å². The summed E-state index contributed by atoms with van der Waals surface area (Å²) in [5.41, 5.74) is 2.92. The van der Waals surface area contributed by atoms with Gasteiger partial charge in [0, 0.05) is 24.2 Å². The highest BCUT2D eigenvalue weighted by Gasteiger charge is 2.38. The number of rotatable bonds is 7. The molecule has 0 saturated carbocycles. The summed E-state index contributed by atoms with van der Waals surface area (Å²) in [7, 11) is 0. The standard InChI is InChI=1S/C23H23N3O3S/c1-4-12-26-22(29)20(30-23(26)25-18-10-8-15(2)9-11-18)14-21(28)24-19-7-5-6-17(13-19)16(3)27/h4-11,13,20H,1,12,14H2,2-3H3,(H,24,28)/t20-/m0/s1. The molecule has 0 radical (unpaired) electrons. The molecule has 2 aromatic rings. The number of amidine groups is 1. The molecule has 1 aliphatic rings. The van der Waals surface area contributed by atoms with E-state index in [-0.39, 0.29) is 24.0 Å². The zero-order valence-electron chi connectivity index (χ0n) is 16.9. The van der Waals surface area contributed by atoms with Crippen molar-refractivity contribution in [2.24, 2.45) is 4.99 Å². The minimum absolute atomic E-state index is 0.00829. The normalized spacial score (nSPS) is 17.3. The summed E-state index contributed by atoms with van der Waals surface area (Å²) in [6.45, 7) is 7.51. The van der Waals surface area contributed by atoms with Crippen molar-refractivity contribution >= 4 is 45.9 Å². The Morgan fingerprint density at radius 1 is 1.23 bits per heavy atom. The molecule has 1 saturated heterocycles. The first-order chi connectivity index (χ1) is 14.4. The van der Waals surface area contributed by atoms with Gasteiger partial charge in [0.1, 0.15) is 5.25 Å². The number of aryl methyl sites for hydroxylation is 1. The van der Waals surface area contributed by atoms with Crippen molar-refractivity contribution in [1.29, 1.82) is 0 Å². The Bertz CT molecular complexity index is 1010. The average molecular weight is 422 g/mol. The van der Waals surface area contributed by atoms with Gasteiger partial charge in [0.05, 0.1) is 5.69 Å². The van der Waals surface area contributed by atoms with Gasteiger partial charge in [0.25, 0.3) is 0 Å². The van der Waals surface area contributed by atoms with Gasteiger partial charge in [-0.15, -0.1) is 6.58 Å². The molecule has 0 unspecified atom stereocenters. The van der Waals surface area contributed by atoms with E-state index in [0.29, 0.717) is 23.0 Å². The summed E-state index contributed by atoms with van der Waals surface area (Å²) >= 11 is 1.28. The van der Waals surface area contributed by atoms with E-state index in [1.54, 1.807) is 35.2 Å². The van der Waals surface area contributed by atoms with Crippen LogP contribution in [0.3, 0.4) is 0 Å². The average Bonchev–Trinajstić information content (AvgIpc) is 2.99. The molecular formula is C23H23N3O3S. The minimum atomic E-state index is -0.565. The van der Waals surface area contributed by atoms with E-state index in [4.69, 9.17) is 0 Å². The number of amides is 2. The lowest BCUT2D eigenvalue weighted by atomic mass is 10.1. The lowest BCUT2D eigenvalue weighted by Crippen LogP contribution is -2.33. The third-order valence-electron chi connectivity index (χ3n) is 4.51. The first-order valence-electron chi connectivity index (χ1n) is 9.52. The highest BCUT2D eigenvalue weighted by atomic mass is 32.2. The topological polar surface area (TPSA) is 78.8 Å². The summed E-state index contributed by atoms with van der Waals surface area (Å²) < 4.78 is 0. The summed E-state index contributed by atoms with van der Waals surface area (Å²) in [5.74, 6) is -0.542. The number of nitrogens with one attached hydrogen (secondary N) is 1. The fraction of sp³-hybridized carbons (Fsp3) is 0.217. The number of aliphatic imine (C=N–C) groups is 1. The third-order valence-corrected chi connectivity index (χ3v) is 5.69. The van der Waals surface area contributed by atoms with E-state index in [1.165, 1.54) is 18.7 Å². The number of nitrogens with zero attached hydrogens (tertiary/aromatic N) is 2. The monoisotopic (exact) mass is 421 g/mol. The van der Waals surface area contributed by atoms with Gasteiger partial charge in [-0.05, 0) is 38.1 Å². The summed E-state index contributed by atoms with van der Waals surface area (Å²) in [6, 6.07) is 14.4. The zero-order valence-corrected chi connectivity index (χ0v) is 17.7. The molecule has 1 aliphatic heterocycles. The number of hydrogen-bond donors (Lipinski definition) is 1. The molecule has 0 aromatic heterocycles. The van der Waals surface area contributed by atoms with Gasteiger partial charge in [-0.1, -0.05) is 47.7 Å². The Labute approximate surface area is 180 Å². The maximum Gasteiger partial charge on any atom is 0.242 e. The molecule has 0 aliphatic carbocycles. The van der Waals surface area contributed by atoms with Crippen LogP contribution in [0.5, 0.6) is 0 Å². The minimum Gasteiger partial charge on any atom is -0.326 e. The van der Waals surface area contributed by atoms with Gasteiger partial charge in [0.15, 0.2) is 11.0 Å². The van der Waals surface area contributed by atoms with E-state index in [9.17, 15) is 14.4 Å². The van der Waals surface area contributed by atoms with E-state index in [2.05, 4.69) is 16.9 Å². The Hall–Kier alpha value is -3.19. The number of ketones is 1. The second kappa shape index (κ2) is 9.54. The molecule has 0 spiro atoms. The molecule has 2 amide bonds. The second-order valence-electron chi connectivity index (χ2n) is 6.96. The van der Waals surface area contributed by atoms with Crippen molar-refractivity contribution in [2.45, 2.75) is 25.5 Å². The number of carbonyl (C=O) groups excluding carboxylic acids is 3. The van der Waals surface area contributed by atoms with Gasteiger partial charge < -0.3 is 5.32 Å². The van der Waals surface area contributed by atoms with Crippen LogP contribution in [0.4, 0.5) is 11.4 Å². The lowest BCUT2D eigenvalue weighted by Gasteiger charge is -2.14. The smallest absolute Gasteiger partial charge is 0.242 e. The first-order valence-corrected chi connectivity index (χ1v) is 10.4. The number of benzene rings is 2. The number of thioether (sulfide) groups is 1. The number of carbonyl (C=O) groups is 3. The SMILES string of the molecule is C=CCN1C(=O)[C@H](CC(=O)Nc2cccc(C(C)=O)c2)SC1=Nc1ccc(C)cc1. The molecule has 1 atom stereocenters. The van der Waals surface area contributed by atoms with Gasteiger partial charge in [-0.2, -0.15) is 0 Å². The van der Waals surface area contributed by atoms with Crippen LogP contribution in [0.2, 0.25) is 0 Å². The highest BCUT2D eigenvalue weighted by Crippen LogP contribution is 2.32. The molecule has 154 valence electrons. The molecule has 6 nitrogen and oxygen atoms in total. The predicted octanol–water partition coefficient (Wildman–Crippen LogP) is 4.34. The Kier molecular flexibility index (Phi) is 6.84. The Balaban J connectivity index is 1.72. The molecular weight excluding hydrogens is 398 g/mol. The van der Waals surface area contributed by atoms with Crippen LogP contribution in [0.1, 0.15) is 29.3 Å². The Morgan fingerprint density at radius 3 is 2.63 bits per heavy atom. The maximum absolute atomic E-state index is 12.8. The van der Waals surface area contributed by atoms with Crippen LogP contribution >= 0.6 is 11.8 Å². The lowest BCUT2D eigenvalue weighted by molar-refractivity contribution is -0.127. The molecule has 3 rings (SSSR count). The molecule has 1 heterocycles. The molecule has 1 N–H and O–H groups in total. The van der Waals surface area contributed by atoms with Crippen LogP contribution in [-0.2, 0) is 9.59 Å². The number of Topliss-reactive ketones (excluding diaryl/α,β-unsaturated/α-hetero) is 1. The van der Waals surface area contributed by atoms with Crippen LogP contribution in [-0.4, -0.2) is 39.5 Å². The second-order valence-corrected chi connectivity index (χ2v) is 8.13.